The van der Waals surface area contributed by atoms with Crippen molar-refractivity contribution in [1.29, 1.82) is 0 Å². The van der Waals surface area contributed by atoms with Gasteiger partial charge in [-0.1, -0.05) is 12.1 Å². The maximum absolute atomic E-state index is 13.0. The molecule has 1 saturated heterocycles. The molecule has 1 fully saturated rings. The normalized spacial score (nSPS) is 15.1. The monoisotopic (exact) mass is 390 g/mol. The van der Waals surface area contributed by atoms with Crippen LogP contribution in [0.25, 0.3) is 11.1 Å². The molecule has 7 nitrogen and oxygen atoms in total. The second-order valence-electron chi connectivity index (χ2n) is 6.34. The summed E-state index contributed by atoms with van der Waals surface area (Å²) in [6.45, 7) is -0.161. The predicted octanol–water partition coefficient (Wildman–Crippen LogP) is 1.42. The largest absolute Gasteiger partial charge is 0.420 e. The van der Waals surface area contributed by atoms with Crippen LogP contribution in [0.2, 0.25) is 0 Å². The van der Waals surface area contributed by atoms with Crippen molar-refractivity contribution in [2.24, 2.45) is 0 Å². The SMILES string of the molecule is O=C(Cn1c(=O)oc2ccccc21)N1CC(S(=O)(=O)c2ccc(F)cc2)C1. The van der Waals surface area contributed by atoms with Gasteiger partial charge >= 0.3 is 5.76 Å². The fraction of sp³-hybridized carbons (Fsp3) is 0.222. The van der Waals surface area contributed by atoms with Gasteiger partial charge in [-0.2, -0.15) is 0 Å². The van der Waals surface area contributed by atoms with Crippen molar-refractivity contribution < 1.29 is 22.0 Å². The molecular weight excluding hydrogens is 375 g/mol. The number of aromatic nitrogens is 1. The summed E-state index contributed by atoms with van der Waals surface area (Å²) < 4.78 is 44.3. The lowest BCUT2D eigenvalue weighted by atomic mass is 10.2. The molecule has 0 aliphatic carbocycles. The first kappa shape index (κ1) is 17.5. The summed E-state index contributed by atoms with van der Waals surface area (Å²) in [7, 11) is -3.64. The number of fused-ring (bicyclic) bond motifs is 1. The minimum absolute atomic E-state index is 0.0260. The van der Waals surface area contributed by atoms with Gasteiger partial charge in [-0.05, 0) is 36.4 Å². The number of nitrogens with zero attached hydrogens (tertiary/aromatic N) is 2. The van der Waals surface area contributed by atoms with E-state index < -0.39 is 26.7 Å². The van der Waals surface area contributed by atoms with E-state index in [-0.39, 0.29) is 30.4 Å². The quantitative estimate of drug-likeness (QED) is 0.629. The maximum atomic E-state index is 13.0. The van der Waals surface area contributed by atoms with Crippen LogP contribution in [0.3, 0.4) is 0 Å². The molecule has 2 aromatic carbocycles. The highest BCUT2D eigenvalue weighted by atomic mass is 32.2. The number of benzene rings is 2. The maximum Gasteiger partial charge on any atom is 0.420 e. The van der Waals surface area contributed by atoms with E-state index in [1.165, 1.54) is 21.6 Å². The van der Waals surface area contributed by atoms with E-state index in [2.05, 4.69) is 0 Å². The van der Waals surface area contributed by atoms with E-state index in [1.807, 2.05) is 0 Å². The Morgan fingerprint density at radius 1 is 1.11 bits per heavy atom. The Hall–Kier alpha value is -2.94. The Balaban J connectivity index is 1.46. The van der Waals surface area contributed by atoms with E-state index in [0.717, 1.165) is 12.1 Å². The first-order valence-corrected chi connectivity index (χ1v) is 9.76. The Morgan fingerprint density at radius 2 is 1.78 bits per heavy atom. The van der Waals surface area contributed by atoms with Crippen LogP contribution in [0.15, 0.2) is 62.6 Å². The van der Waals surface area contributed by atoms with Crippen LogP contribution >= 0.6 is 0 Å². The zero-order chi connectivity index (χ0) is 19.2. The average molecular weight is 390 g/mol. The number of carbonyl (C=O) groups is 1. The molecule has 1 amide bonds. The molecule has 1 aliphatic heterocycles. The van der Waals surface area contributed by atoms with Gasteiger partial charge in [0.2, 0.25) is 5.91 Å². The summed E-state index contributed by atoms with van der Waals surface area (Å²) in [5, 5.41) is -0.746. The molecule has 0 saturated carbocycles. The fourth-order valence-electron chi connectivity index (χ4n) is 3.05. The third-order valence-corrected chi connectivity index (χ3v) is 6.75. The van der Waals surface area contributed by atoms with Gasteiger partial charge in [0.15, 0.2) is 15.4 Å². The highest BCUT2D eigenvalue weighted by Crippen LogP contribution is 2.24. The molecule has 9 heteroatoms. The lowest BCUT2D eigenvalue weighted by Gasteiger charge is -2.38. The van der Waals surface area contributed by atoms with E-state index in [0.29, 0.717) is 11.1 Å². The Bertz CT molecular complexity index is 1170. The molecule has 27 heavy (non-hydrogen) atoms. The third kappa shape index (κ3) is 3.03. The summed E-state index contributed by atoms with van der Waals surface area (Å²) in [5.74, 6) is -1.52. The molecule has 2 heterocycles. The molecule has 1 aliphatic rings. The minimum atomic E-state index is -3.64. The Morgan fingerprint density at radius 3 is 2.48 bits per heavy atom. The van der Waals surface area contributed by atoms with Gasteiger partial charge in [0.25, 0.3) is 0 Å². The zero-order valence-electron chi connectivity index (χ0n) is 14.0. The predicted molar refractivity (Wildman–Crippen MR) is 94.4 cm³/mol. The molecule has 1 aromatic heterocycles. The van der Waals surface area contributed by atoms with Crippen LogP contribution < -0.4 is 5.76 Å². The molecule has 3 aromatic rings. The highest BCUT2D eigenvalue weighted by Gasteiger charge is 2.40. The van der Waals surface area contributed by atoms with Gasteiger partial charge in [-0.25, -0.2) is 17.6 Å². The number of likely N-dealkylation sites (tertiary alicyclic amines) is 1. The number of hydrogen-bond donors (Lipinski definition) is 0. The number of sulfone groups is 1. The number of hydrogen-bond acceptors (Lipinski definition) is 5. The van der Waals surface area contributed by atoms with Crippen molar-refractivity contribution in [3.63, 3.8) is 0 Å². The summed E-state index contributed by atoms with van der Waals surface area (Å²) >= 11 is 0. The molecule has 0 bridgehead atoms. The molecule has 4 rings (SSSR count). The zero-order valence-corrected chi connectivity index (χ0v) is 14.9. The molecule has 0 radical (unpaired) electrons. The van der Waals surface area contributed by atoms with Gasteiger partial charge < -0.3 is 9.32 Å². The van der Waals surface area contributed by atoms with Crippen molar-refractivity contribution >= 4 is 26.8 Å². The molecule has 0 unspecified atom stereocenters. The van der Waals surface area contributed by atoms with Crippen molar-refractivity contribution in [3.8, 4) is 0 Å². The molecule has 0 atom stereocenters. The first-order chi connectivity index (χ1) is 12.9. The number of halogens is 1. The van der Waals surface area contributed by atoms with Gasteiger partial charge in [0.1, 0.15) is 17.6 Å². The lowest BCUT2D eigenvalue weighted by Crippen LogP contribution is -2.57. The smallest absolute Gasteiger partial charge is 0.408 e. The van der Waals surface area contributed by atoms with Crippen LogP contribution in [-0.2, 0) is 21.2 Å². The van der Waals surface area contributed by atoms with E-state index >= 15 is 0 Å². The van der Waals surface area contributed by atoms with Crippen molar-refractivity contribution in [3.05, 3.63) is 64.9 Å². The molecule has 0 N–H and O–H groups in total. The van der Waals surface area contributed by atoms with Gasteiger partial charge in [-0.15, -0.1) is 0 Å². The second-order valence-corrected chi connectivity index (χ2v) is 8.57. The number of carbonyl (C=O) groups excluding carboxylic acids is 1. The third-order valence-electron chi connectivity index (χ3n) is 4.65. The summed E-state index contributed by atoms with van der Waals surface area (Å²) in [6, 6.07) is 11.4. The van der Waals surface area contributed by atoms with Crippen LogP contribution in [-0.4, -0.2) is 42.1 Å². The van der Waals surface area contributed by atoms with Gasteiger partial charge in [0, 0.05) is 13.1 Å². The van der Waals surface area contributed by atoms with Gasteiger partial charge in [0.05, 0.1) is 10.4 Å². The Kier molecular flexibility index (Phi) is 4.11. The number of rotatable bonds is 4. The van der Waals surface area contributed by atoms with E-state index in [1.54, 1.807) is 24.3 Å². The van der Waals surface area contributed by atoms with E-state index in [4.69, 9.17) is 4.42 Å². The van der Waals surface area contributed by atoms with Crippen LogP contribution in [0.4, 0.5) is 4.39 Å². The van der Waals surface area contributed by atoms with E-state index in [9.17, 15) is 22.4 Å². The van der Waals surface area contributed by atoms with Crippen LogP contribution in [0.1, 0.15) is 0 Å². The lowest BCUT2D eigenvalue weighted by molar-refractivity contribution is -0.135. The van der Waals surface area contributed by atoms with Crippen LogP contribution in [0, 0.1) is 5.82 Å². The molecule has 140 valence electrons. The second kappa shape index (κ2) is 6.34. The minimum Gasteiger partial charge on any atom is -0.408 e. The van der Waals surface area contributed by atoms with Crippen molar-refractivity contribution in [2.45, 2.75) is 16.7 Å². The summed E-state index contributed by atoms with van der Waals surface area (Å²) in [4.78, 5) is 25.8. The molecule has 0 spiro atoms. The van der Waals surface area contributed by atoms with Crippen LogP contribution in [0.5, 0.6) is 0 Å². The average Bonchev–Trinajstić information content (AvgIpc) is 2.89. The fourth-order valence-corrected chi connectivity index (χ4v) is 4.71. The number of amides is 1. The summed E-state index contributed by atoms with van der Waals surface area (Å²) in [6.07, 6.45) is 0. The van der Waals surface area contributed by atoms with Crippen molar-refractivity contribution in [2.75, 3.05) is 13.1 Å². The Labute approximate surface area is 153 Å². The van der Waals surface area contributed by atoms with Crippen molar-refractivity contribution in [1.82, 2.24) is 9.47 Å². The number of oxazole rings is 1. The molecular formula is C18H15FN2O5S. The topological polar surface area (TPSA) is 89.6 Å². The highest BCUT2D eigenvalue weighted by molar-refractivity contribution is 7.92. The standard InChI is InChI=1S/C18H15FN2O5S/c19-12-5-7-13(8-6-12)27(24,25)14-9-20(10-14)17(22)11-21-15-3-1-2-4-16(15)26-18(21)23/h1-8,14H,9-11H2. The summed E-state index contributed by atoms with van der Waals surface area (Å²) in [5.41, 5.74) is 0.891. The number of para-hydroxylation sites is 2. The van der Waals surface area contributed by atoms with Gasteiger partial charge in [-0.3, -0.25) is 9.36 Å². The first-order valence-electron chi connectivity index (χ1n) is 8.22.